The van der Waals surface area contributed by atoms with Crippen LogP contribution in [-0.4, -0.2) is 92.4 Å². The summed E-state index contributed by atoms with van der Waals surface area (Å²) >= 11 is 3.74. The molecule has 40 heavy (non-hydrogen) atoms. The Labute approximate surface area is 246 Å². The average molecular weight is 617 g/mol. The molecule has 0 radical (unpaired) electrons. The Morgan fingerprint density at radius 1 is 1.18 bits per heavy atom. The van der Waals surface area contributed by atoms with Crippen LogP contribution in [0.5, 0.6) is 0 Å². The number of carbonyl (C=O) groups excluding carboxylic acids is 3. The van der Waals surface area contributed by atoms with Gasteiger partial charge in [0, 0.05) is 31.0 Å². The van der Waals surface area contributed by atoms with Crippen molar-refractivity contribution in [1.29, 1.82) is 0 Å². The first-order chi connectivity index (χ1) is 19.2. The van der Waals surface area contributed by atoms with Crippen molar-refractivity contribution in [1.82, 2.24) is 14.7 Å². The van der Waals surface area contributed by atoms with E-state index in [4.69, 9.17) is 4.74 Å². The average Bonchev–Trinajstić information content (AvgIpc) is 3.55. The zero-order chi connectivity index (χ0) is 29.0. The van der Waals surface area contributed by atoms with Gasteiger partial charge in [-0.1, -0.05) is 78.2 Å². The molecule has 0 aromatic heterocycles. The Morgan fingerprint density at radius 3 is 2.48 bits per heavy atom. The van der Waals surface area contributed by atoms with Gasteiger partial charge in [-0.2, -0.15) is 0 Å². The van der Waals surface area contributed by atoms with E-state index in [1.54, 1.807) is 28.9 Å². The third-order valence-corrected chi connectivity index (χ3v) is 9.40. The Morgan fingerprint density at radius 2 is 1.85 bits per heavy atom. The van der Waals surface area contributed by atoms with E-state index in [2.05, 4.69) is 36.0 Å². The quantitative estimate of drug-likeness (QED) is 0.196. The first kappa shape index (κ1) is 30.5. The summed E-state index contributed by atoms with van der Waals surface area (Å²) in [4.78, 5) is 47.5. The molecule has 7 atom stereocenters. The topological polar surface area (TPSA) is 90.4 Å². The van der Waals surface area contributed by atoms with Crippen LogP contribution >= 0.6 is 15.9 Å². The monoisotopic (exact) mass is 615 g/mol. The van der Waals surface area contributed by atoms with E-state index in [1.807, 2.05) is 30.3 Å². The van der Waals surface area contributed by atoms with Crippen molar-refractivity contribution in [3.63, 3.8) is 0 Å². The number of alkyl halides is 1. The summed E-state index contributed by atoms with van der Waals surface area (Å²) in [6, 6.07) is 8.16. The zero-order valence-corrected chi connectivity index (χ0v) is 25.2. The third-order valence-electron chi connectivity index (χ3n) is 8.56. The molecule has 1 aromatic carbocycles. The van der Waals surface area contributed by atoms with Gasteiger partial charge in [0.1, 0.15) is 11.6 Å². The van der Waals surface area contributed by atoms with Crippen LogP contribution < -0.4 is 0 Å². The number of amides is 3. The molecule has 3 aliphatic rings. The smallest absolute Gasteiger partial charge is 0.248 e. The third kappa shape index (κ3) is 5.40. The van der Waals surface area contributed by atoms with Crippen LogP contribution in [0.2, 0.25) is 0 Å². The number of hydrogen-bond acceptors (Lipinski definition) is 5. The minimum absolute atomic E-state index is 0.186. The summed E-state index contributed by atoms with van der Waals surface area (Å²) in [5.74, 6) is -2.27. The molecule has 3 heterocycles. The Kier molecular flexibility index (Phi) is 9.90. The molecular formula is C31H42BrN3O5. The van der Waals surface area contributed by atoms with E-state index in [0.29, 0.717) is 32.6 Å². The number of likely N-dealkylation sites (tertiary alicyclic amines) is 1. The zero-order valence-electron chi connectivity index (χ0n) is 23.6. The second-order valence-electron chi connectivity index (χ2n) is 11.2. The lowest BCUT2D eigenvalue weighted by molar-refractivity contribution is -0.151. The summed E-state index contributed by atoms with van der Waals surface area (Å²) < 4.78 is 6.65. The maximum Gasteiger partial charge on any atom is 0.248 e. The summed E-state index contributed by atoms with van der Waals surface area (Å²) in [5, 5.41) is 10.1. The highest BCUT2D eigenvalue weighted by molar-refractivity contribution is 9.09. The van der Waals surface area contributed by atoms with Crippen molar-refractivity contribution in [2.75, 3.05) is 26.2 Å². The van der Waals surface area contributed by atoms with Crippen molar-refractivity contribution < 1.29 is 24.2 Å². The van der Waals surface area contributed by atoms with E-state index in [1.165, 1.54) is 4.90 Å². The second-order valence-corrected chi connectivity index (χ2v) is 12.4. The van der Waals surface area contributed by atoms with E-state index < -0.39 is 35.6 Å². The van der Waals surface area contributed by atoms with Gasteiger partial charge in [-0.25, -0.2) is 0 Å². The molecule has 218 valence electrons. The molecule has 2 bridgehead atoms. The van der Waals surface area contributed by atoms with Crippen LogP contribution in [0.1, 0.15) is 45.1 Å². The lowest BCUT2D eigenvalue weighted by Crippen LogP contribution is -2.58. The maximum absolute atomic E-state index is 14.3. The van der Waals surface area contributed by atoms with Crippen molar-refractivity contribution in [2.45, 2.75) is 74.7 Å². The highest BCUT2D eigenvalue weighted by atomic mass is 79.9. The van der Waals surface area contributed by atoms with E-state index in [9.17, 15) is 19.5 Å². The number of fused-ring (bicyclic) bond motifs is 1. The molecule has 4 rings (SSSR count). The molecule has 0 saturated carbocycles. The van der Waals surface area contributed by atoms with Crippen molar-refractivity contribution in [2.24, 2.45) is 11.8 Å². The van der Waals surface area contributed by atoms with Gasteiger partial charge in [-0.05, 0) is 25.3 Å². The molecule has 1 spiro atoms. The van der Waals surface area contributed by atoms with Crippen molar-refractivity contribution in [3.8, 4) is 0 Å². The van der Waals surface area contributed by atoms with E-state index in [0.717, 1.165) is 24.8 Å². The van der Waals surface area contributed by atoms with Crippen LogP contribution in [0.25, 0.3) is 0 Å². The van der Waals surface area contributed by atoms with Gasteiger partial charge in [0.05, 0.1) is 30.6 Å². The molecule has 1 N–H and O–H groups in total. The number of ether oxygens (including phenoxy) is 1. The van der Waals surface area contributed by atoms with Gasteiger partial charge in [-0.3, -0.25) is 14.4 Å². The summed E-state index contributed by atoms with van der Waals surface area (Å²) in [5.41, 5.74) is -0.187. The van der Waals surface area contributed by atoms with Gasteiger partial charge in [0.25, 0.3) is 0 Å². The highest BCUT2D eigenvalue weighted by Crippen LogP contribution is 2.60. The predicted octanol–water partition coefficient (Wildman–Crippen LogP) is 3.53. The Hall–Kier alpha value is -2.49. The van der Waals surface area contributed by atoms with Gasteiger partial charge in [0.2, 0.25) is 17.7 Å². The molecule has 9 heteroatoms. The molecule has 1 aromatic rings. The molecule has 3 amide bonds. The van der Waals surface area contributed by atoms with Crippen molar-refractivity contribution in [3.05, 3.63) is 61.2 Å². The largest absolute Gasteiger partial charge is 0.394 e. The first-order valence-corrected chi connectivity index (χ1v) is 15.2. The number of aliphatic hydroxyl groups is 1. The fourth-order valence-corrected chi connectivity index (χ4v) is 7.71. The number of carbonyl (C=O) groups is 3. The summed E-state index contributed by atoms with van der Waals surface area (Å²) in [6.45, 7) is 12.8. The molecule has 3 saturated heterocycles. The minimum atomic E-state index is -1.16. The fraction of sp³-hybridized carbons (Fsp3) is 0.581. The van der Waals surface area contributed by atoms with Crippen LogP contribution in [0.15, 0.2) is 55.6 Å². The Bertz CT molecular complexity index is 1100. The SMILES string of the molecule is C=CCN(CCCCC)C(=O)C1N([C@H](C)CO)C(=O)[C@@H]2[C@@H](C(=O)N(CC=C)Cc3ccccc3)[C@@H]3OC12CC3Br. The van der Waals surface area contributed by atoms with Gasteiger partial charge in [-0.15, -0.1) is 13.2 Å². The van der Waals surface area contributed by atoms with Gasteiger partial charge in [0.15, 0.2) is 0 Å². The fourth-order valence-electron chi connectivity index (χ4n) is 6.77. The lowest BCUT2D eigenvalue weighted by Gasteiger charge is -2.38. The number of halogens is 1. The van der Waals surface area contributed by atoms with Gasteiger partial charge >= 0.3 is 0 Å². The molecular weight excluding hydrogens is 574 g/mol. The molecule has 3 fully saturated rings. The Balaban J connectivity index is 1.72. The number of aliphatic hydroxyl groups excluding tert-OH is 1. The molecule has 8 nitrogen and oxygen atoms in total. The molecule has 0 aliphatic carbocycles. The van der Waals surface area contributed by atoms with Crippen LogP contribution in [-0.2, 0) is 25.7 Å². The molecule has 3 unspecified atom stereocenters. The second kappa shape index (κ2) is 13.0. The first-order valence-electron chi connectivity index (χ1n) is 14.3. The van der Waals surface area contributed by atoms with E-state index >= 15 is 0 Å². The van der Waals surface area contributed by atoms with Crippen molar-refractivity contribution >= 4 is 33.7 Å². The van der Waals surface area contributed by atoms with Crippen LogP contribution in [0.3, 0.4) is 0 Å². The lowest BCUT2D eigenvalue weighted by atomic mass is 9.70. The van der Waals surface area contributed by atoms with Crippen LogP contribution in [0, 0.1) is 11.8 Å². The summed E-state index contributed by atoms with van der Waals surface area (Å²) in [7, 11) is 0. The number of hydrogen-bond donors (Lipinski definition) is 1. The standard InChI is InChI=1S/C31H42BrN3O5/c1-5-8-12-17-33(15-6-2)30(39)27-31-18-23(32)26(40-31)24(25(31)29(38)35(27)21(4)20-36)28(37)34(16-7-3)19-22-13-10-9-11-14-22/h6-7,9-11,13-14,21,23-27,36H,2-3,5,8,12,15-20H2,1,4H3/t21-,23?,24-,25+,26-,27?,31?/m1/s1. The number of nitrogens with zero attached hydrogens (tertiary/aromatic N) is 3. The summed E-state index contributed by atoms with van der Waals surface area (Å²) in [6.07, 6.45) is 6.10. The predicted molar refractivity (Wildman–Crippen MR) is 157 cm³/mol. The van der Waals surface area contributed by atoms with Crippen LogP contribution in [0.4, 0.5) is 0 Å². The maximum atomic E-state index is 14.3. The number of rotatable bonds is 14. The normalized spacial score (nSPS) is 29.2. The highest BCUT2D eigenvalue weighted by Gasteiger charge is 2.77. The van der Waals surface area contributed by atoms with E-state index in [-0.39, 0.29) is 29.2 Å². The molecule has 3 aliphatic heterocycles. The number of unbranched alkanes of at least 4 members (excludes halogenated alkanes) is 2. The number of benzene rings is 1. The minimum Gasteiger partial charge on any atom is -0.394 e. The van der Waals surface area contributed by atoms with Gasteiger partial charge < -0.3 is 24.5 Å².